The van der Waals surface area contributed by atoms with E-state index in [1.165, 1.54) is 12.8 Å². The number of hydrogen-bond acceptors (Lipinski definition) is 4. The summed E-state index contributed by atoms with van der Waals surface area (Å²) >= 11 is 11.8. The van der Waals surface area contributed by atoms with Gasteiger partial charge in [-0.25, -0.2) is 9.97 Å². The molecule has 0 aliphatic heterocycles. The van der Waals surface area contributed by atoms with Crippen LogP contribution < -0.4 is 10.6 Å². The van der Waals surface area contributed by atoms with E-state index in [2.05, 4.69) is 20.6 Å². The van der Waals surface area contributed by atoms with Crippen LogP contribution in [0.2, 0.25) is 10.0 Å². The van der Waals surface area contributed by atoms with Gasteiger partial charge in [0.05, 0.1) is 10.0 Å². The van der Waals surface area contributed by atoms with E-state index in [1.54, 1.807) is 30.5 Å². The molecule has 1 aliphatic rings. The molecule has 1 fully saturated rings. The molecule has 23 heavy (non-hydrogen) atoms. The lowest BCUT2D eigenvalue weighted by Crippen LogP contribution is -2.19. The smallest absolute Gasteiger partial charge is 0.274 e. The van der Waals surface area contributed by atoms with Crippen molar-refractivity contribution < 1.29 is 4.79 Å². The number of amides is 1. The van der Waals surface area contributed by atoms with Crippen LogP contribution in [-0.4, -0.2) is 21.9 Å². The molecule has 3 rings (SSSR count). The second-order valence-corrected chi connectivity index (χ2v) is 6.29. The Morgan fingerprint density at radius 3 is 2.65 bits per heavy atom. The molecule has 7 heteroatoms. The van der Waals surface area contributed by atoms with Crippen molar-refractivity contribution in [3.63, 3.8) is 0 Å². The van der Waals surface area contributed by atoms with Crippen LogP contribution >= 0.6 is 23.2 Å². The highest BCUT2D eigenvalue weighted by Gasteiger charge is 2.16. The summed E-state index contributed by atoms with van der Waals surface area (Å²) in [6.07, 6.45) is 6.24. The summed E-state index contributed by atoms with van der Waals surface area (Å²) in [4.78, 5) is 20.8. The fraction of sp³-hybridized carbons (Fsp3) is 0.312. The van der Waals surface area contributed by atoms with E-state index < -0.39 is 0 Å². The van der Waals surface area contributed by atoms with Gasteiger partial charge in [0, 0.05) is 17.9 Å². The zero-order chi connectivity index (χ0) is 16.2. The fourth-order valence-electron chi connectivity index (χ4n) is 2.58. The monoisotopic (exact) mass is 350 g/mol. The van der Waals surface area contributed by atoms with Crippen molar-refractivity contribution in [3.8, 4) is 0 Å². The average molecular weight is 351 g/mol. The van der Waals surface area contributed by atoms with Crippen molar-refractivity contribution in [1.29, 1.82) is 0 Å². The molecule has 0 bridgehead atoms. The van der Waals surface area contributed by atoms with Gasteiger partial charge in [0.1, 0.15) is 5.69 Å². The molecular formula is C16H16Cl2N4O. The third-order valence-corrected chi connectivity index (χ3v) is 4.49. The Hall–Kier alpha value is -1.85. The molecule has 1 amide bonds. The van der Waals surface area contributed by atoms with Gasteiger partial charge in [0.2, 0.25) is 5.95 Å². The van der Waals surface area contributed by atoms with Crippen molar-refractivity contribution >= 4 is 40.7 Å². The largest absolute Gasteiger partial charge is 0.351 e. The maximum Gasteiger partial charge on any atom is 0.274 e. The predicted molar refractivity (Wildman–Crippen MR) is 92.3 cm³/mol. The molecule has 0 atom stereocenters. The quantitative estimate of drug-likeness (QED) is 0.857. The number of rotatable bonds is 4. The number of carbonyl (C=O) groups is 1. The Bertz CT molecular complexity index is 717. The first-order valence-corrected chi connectivity index (χ1v) is 8.23. The van der Waals surface area contributed by atoms with Gasteiger partial charge in [-0.1, -0.05) is 36.0 Å². The van der Waals surface area contributed by atoms with Crippen molar-refractivity contribution in [2.75, 3.05) is 10.6 Å². The lowest BCUT2D eigenvalue weighted by Gasteiger charge is -2.12. The Kier molecular flexibility index (Phi) is 4.98. The minimum absolute atomic E-state index is 0.298. The Balaban J connectivity index is 1.70. The standard InChI is InChI=1S/C16H16Cl2N4O/c17-12-6-5-11(9-13(12)18)20-15(23)14-7-8-19-16(22-14)21-10-3-1-2-4-10/h5-10H,1-4H2,(H,20,23)(H,19,21,22). The van der Waals surface area contributed by atoms with E-state index in [1.807, 2.05) is 0 Å². The SMILES string of the molecule is O=C(Nc1ccc(Cl)c(Cl)c1)c1ccnc(NC2CCCC2)n1. The van der Waals surface area contributed by atoms with Gasteiger partial charge >= 0.3 is 0 Å². The van der Waals surface area contributed by atoms with E-state index in [0.717, 1.165) is 12.8 Å². The number of nitrogens with one attached hydrogen (secondary N) is 2. The van der Waals surface area contributed by atoms with Crippen LogP contribution in [0.25, 0.3) is 0 Å². The maximum absolute atomic E-state index is 12.3. The van der Waals surface area contributed by atoms with Gasteiger partial charge in [0.25, 0.3) is 5.91 Å². The van der Waals surface area contributed by atoms with Crippen molar-refractivity contribution in [3.05, 3.63) is 46.2 Å². The molecule has 120 valence electrons. The predicted octanol–water partition coefficient (Wildman–Crippen LogP) is 4.39. The highest BCUT2D eigenvalue weighted by atomic mass is 35.5. The summed E-state index contributed by atoms with van der Waals surface area (Å²) in [6.45, 7) is 0. The molecule has 0 spiro atoms. The molecule has 1 saturated carbocycles. The number of aromatic nitrogens is 2. The lowest BCUT2D eigenvalue weighted by atomic mass is 10.2. The van der Waals surface area contributed by atoms with Crippen LogP contribution in [0, 0.1) is 0 Å². The molecule has 0 radical (unpaired) electrons. The molecule has 1 heterocycles. The molecule has 1 aromatic carbocycles. The Morgan fingerprint density at radius 1 is 1.13 bits per heavy atom. The van der Waals surface area contributed by atoms with Crippen molar-refractivity contribution in [1.82, 2.24) is 9.97 Å². The Morgan fingerprint density at radius 2 is 1.91 bits per heavy atom. The number of halogens is 2. The Labute approximate surface area is 144 Å². The van der Waals surface area contributed by atoms with Crippen LogP contribution in [0.5, 0.6) is 0 Å². The maximum atomic E-state index is 12.3. The summed E-state index contributed by atoms with van der Waals surface area (Å²) < 4.78 is 0. The van der Waals surface area contributed by atoms with Gasteiger partial charge in [0.15, 0.2) is 0 Å². The summed E-state index contributed by atoms with van der Waals surface area (Å²) in [5.41, 5.74) is 0.861. The van der Waals surface area contributed by atoms with Crippen molar-refractivity contribution in [2.24, 2.45) is 0 Å². The second-order valence-electron chi connectivity index (χ2n) is 5.47. The van der Waals surface area contributed by atoms with E-state index in [-0.39, 0.29) is 5.91 Å². The summed E-state index contributed by atoms with van der Waals surface area (Å²) in [5.74, 6) is 0.166. The van der Waals surface area contributed by atoms with Gasteiger partial charge in [-0.15, -0.1) is 0 Å². The molecule has 0 saturated heterocycles. The van der Waals surface area contributed by atoms with E-state index >= 15 is 0 Å². The summed E-state index contributed by atoms with van der Waals surface area (Å²) in [7, 11) is 0. The topological polar surface area (TPSA) is 66.9 Å². The number of anilines is 2. The average Bonchev–Trinajstić information content (AvgIpc) is 3.04. The molecule has 1 aliphatic carbocycles. The first-order valence-electron chi connectivity index (χ1n) is 7.48. The minimum Gasteiger partial charge on any atom is -0.351 e. The first-order chi connectivity index (χ1) is 11.1. The van der Waals surface area contributed by atoms with Gasteiger partial charge in [-0.05, 0) is 37.1 Å². The fourth-order valence-corrected chi connectivity index (χ4v) is 2.87. The van der Waals surface area contributed by atoms with Crippen LogP contribution in [0.1, 0.15) is 36.2 Å². The minimum atomic E-state index is -0.319. The van der Waals surface area contributed by atoms with Crippen LogP contribution in [0.3, 0.4) is 0 Å². The van der Waals surface area contributed by atoms with Crippen LogP contribution in [0.4, 0.5) is 11.6 Å². The van der Waals surface area contributed by atoms with Gasteiger partial charge in [-0.2, -0.15) is 0 Å². The lowest BCUT2D eigenvalue weighted by molar-refractivity contribution is 0.102. The number of hydrogen-bond donors (Lipinski definition) is 2. The van der Waals surface area contributed by atoms with Crippen LogP contribution in [0.15, 0.2) is 30.5 Å². The molecule has 2 aromatic rings. The third-order valence-electron chi connectivity index (χ3n) is 3.75. The zero-order valence-corrected chi connectivity index (χ0v) is 13.9. The highest BCUT2D eigenvalue weighted by molar-refractivity contribution is 6.42. The zero-order valence-electron chi connectivity index (χ0n) is 12.4. The summed E-state index contributed by atoms with van der Waals surface area (Å²) in [5, 5.41) is 6.85. The van der Waals surface area contributed by atoms with Crippen LogP contribution in [-0.2, 0) is 0 Å². The van der Waals surface area contributed by atoms with E-state index in [9.17, 15) is 4.79 Å². The number of carbonyl (C=O) groups excluding carboxylic acids is 1. The van der Waals surface area contributed by atoms with Gasteiger partial charge < -0.3 is 10.6 Å². The third kappa shape index (κ3) is 4.12. The normalized spacial score (nSPS) is 14.7. The second kappa shape index (κ2) is 7.15. The molecular weight excluding hydrogens is 335 g/mol. The first kappa shape index (κ1) is 16.0. The van der Waals surface area contributed by atoms with Crippen molar-refractivity contribution in [2.45, 2.75) is 31.7 Å². The molecule has 5 nitrogen and oxygen atoms in total. The number of nitrogens with zero attached hydrogens (tertiary/aromatic N) is 2. The van der Waals surface area contributed by atoms with E-state index in [4.69, 9.17) is 23.2 Å². The highest BCUT2D eigenvalue weighted by Crippen LogP contribution is 2.25. The molecule has 2 N–H and O–H groups in total. The summed E-state index contributed by atoms with van der Waals surface area (Å²) in [6, 6.07) is 6.88. The molecule has 1 aromatic heterocycles. The van der Waals surface area contributed by atoms with Gasteiger partial charge in [-0.3, -0.25) is 4.79 Å². The molecule has 0 unspecified atom stereocenters. The number of benzene rings is 1. The van der Waals surface area contributed by atoms with E-state index in [0.29, 0.717) is 33.4 Å².